The Morgan fingerprint density at radius 1 is 1.60 bits per heavy atom. The van der Waals surface area contributed by atoms with Crippen molar-refractivity contribution < 1.29 is 19.7 Å². The standard InChI is InChI=1S/C10H13NO4/c1-6-3-7(4-9(11-6)15-2)8(12)5-10(13)14/h3-4,8,12H,5H2,1-2H3,(H,13,14)/t8-/m1/s1. The fourth-order valence-corrected chi connectivity index (χ4v) is 1.24. The average Bonchev–Trinajstić information content (AvgIpc) is 2.15. The highest BCUT2D eigenvalue weighted by Crippen LogP contribution is 2.21. The monoisotopic (exact) mass is 211 g/mol. The van der Waals surface area contributed by atoms with E-state index in [1.807, 2.05) is 0 Å². The van der Waals surface area contributed by atoms with E-state index in [0.717, 1.165) is 0 Å². The van der Waals surface area contributed by atoms with Crippen LogP contribution in [0.2, 0.25) is 0 Å². The molecule has 1 heterocycles. The van der Waals surface area contributed by atoms with Crippen LogP contribution in [0.4, 0.5) is 0 Å². The Hall–Kier alpha value is -1.62. The van der Waals surface area contributed by atoms with E-state index in [1.54, 1.807) is 13.0 Å². The number of aliphatic hydroxyl groups is 1. The lowest BCUT2D eigenvalue weighted by Crippen LogP contribution is -2.06. The highest BCUT2D eigenvalue weighted by atomic mass is 16.5. The molecule has 0 radical (unpaired) electrons. The molecule has 1 atom stereocenters. The highest BCUT2D eigenvalue weighted by molar-refractivity contribution is 5.67. The van der Waals surface area contributed by atoms with Gasteiger partial charge in [-0.3, -0.25) is 4.79 Å². The van der Waals surface area contributed by atoms with Gasteiger partial charge in [0.15, 0.2) is 0 Å². The molecule has 1 aromatic rings. The number of methoxy groups -OCH3 is 1. The molecule has 5 nitrogen and oxygen atoms in total. The number of carboxylic acid groups (broad SMARTS) is 1. The van der Waals surface area contributed by atoms with Gasteiger partial charge in [-0.05, 0) is 18.6 Å². The molecule has 0 aliphatic heterocycles. The number of aromatic nitrogens is 1. The van der Waals surface area contributed by atoms with Gasteiger partial charge in [0.1, 0.15) is 0 Å². The van der Waals surface area contributed by atoms with Gasteiger partial charge >= 0.3 is 5.97 Å². The molecule has 0 saturated carbocycles. The SMILES string of the molecule is COc1cc([C@H](O)CC(=O)O)cc(C)n1. The Labute approximate surface area is 87.3 Å². The van der Waals surface area contributed by atoms with Crippen molar-refractivity contribution in [1.82, 2.24) is 4.98 Å². The van der Waals surface area contributed by atoms with E-state index in [9.17, 15) is 9.90 Å². The molecule has 1 rings (SSSR count). The van der Waals surface area contributed by atoms with Crippen LogP contribution in [0.25, 0.3) is 0 Å². The van der Waals surface area contributed by atoms with Crippen molar-refractivity contribution in [2.75, 3.05) is 7.11 Å². The zero-order valence-corrected chi connectivity index (χ0v) is 8.60. The average molecular weight is 211 g/mol. The van der Waals surface area contributed by atoms with Gasteiger partial charge in [-0.15, -0.1) is 0 Å². The van der Waals surface area contributed by atoms with Crippen LogP contribution in [0.5, 0.6) is 5.88 Å². The fourth-order valence-electron chi connectivity index (χ4n) is 1.24. The number of ether oxygens (including phenoxy) is 1. The van der Waals surface area contributed by atoms with Gasteiger partial charge in [0.05, 0.1) is 19.6 Å². The summed E-state index contributed by atoms with van der Waals surface area (Å²) in [5.74, 6) is -0.676. The summed E-state index contributed by atoms with van der Waals surface area (Å²) in [5, 5.41) is 18.1. The van der Waals surface area contributed by atoms with Gasteiger partial charge < -0.3 is 14.9 Å². The van der Waals surface area contributed by atoms with E-state index in [1.165, 1.54) is 13.2 Å². The molecule has 0 bridgehead atoms. The number of hydrogen-bond donors (Lipinski definition) is 2. The maximum atomic E-state index is 10.4. The summed E-state index contributed by atoms with van der Waals surface area (Å²) >= 11 is 0. The van der Waals surface area contributed by atoms with Gasteiger partial charge in [-0.1, -0.05) is 0 Å². The largest absolute Gasteiger partial charge is 0.481 e. The topological polar surface area (TPSA) is 79.7 Å². The molecule has 0 aliphatic carbocycles. The number of aliphatic hydroxyl groups excluding tert-OH is 1. The minimum absolute atomic E-state index is 0.327. The molecule has 0 unspecified atom stereocenters. The maximum Gasteiger partial charge on any atom is 0.306 e. The zero-order valence-electron chi connectivity index (χ0n) is 8.60. The van der Waals surface area contributed by atoms with Crippen molar-refractivity contribution in [2.45, 2.75) is 19.4 Å². The summed E-state index contributed by atoms with van der Waals surface area (Å²) in [6, 6.07) is 3.16. The summed E-state index contributed by atoms with van der Waals surface area (Å²) in [4.78, 5) is 14.4. The zero-order chi connectivity index (χ0) is 11.4. The molecule has 0 aromatic carbocycles. The number of pyridine rings is 1. The molecular formula is C10H13NO4. The van der Waals surface area contributed by atoms with E-state index in [0.29, 0.717) is 17.1 Å². The molecule has 0 saturated heterocycles. The third kappa shape index (κ3) is 3.21. The lowest BCUT2D eigenvalue weighted by Gasteiger charge is -2.10. The minimum atomic E-state index is -1.05. The Kier molecular flexibility index (Phi) is 3.62. The predicted molar refractivity (Wildman–Crippen MR) is 52.7 cm³/mol. The quantitative estimate of drug-likeness (QED) is 0.773. The first-order valence-electron chi connectivity index (χ1n) is 4.45. The van der Waals surface area contributed by atoms with Crippen LogP contribution in [0.3, 0.4) is 0 Å². The lowest BCUT2D eigenvalue weighted by molar-refractivity contribution is -0.139. The van der Waals surface area contributed by atoms with Gasteiger partial charge in [0, 0.05) is 11.8 Å². The number of rotatable bonds is 4. The molecule has 82 valence electrons. The van der Waals surface area contributed by atoms with Crippen LogP contribution in [0.15, 0.2) is 12.1 Å². The second kappa shape index (κ2) is 4.75. The molecular weight excluding hydrogens is 198 g/mol. The molecule has 0 amide bonds. The van der Waals surface area contributed by atoms with E-state index in [-0.39, 0.29) is 6.42 Å². The third-order valence-corrected chi connectivity index (χ3v) is 1.91. The first kappa shape index (κ1) is 11.5. The summed E-state index contributed by atoms with van der Waals surface area (Å²) < 4.78 is 4.92. The van der Waals surface area contributed by atoms with Crippen molar-refractivity contribution in [3.63, 3.8) is 0 Å². The van der Waals surface area contributed by atoms with Crippen LogP contribution >= 0.6 is 0 Å². The Bertz CT molecular complexity index is 364. The van der Waals surface area contributed by atoms with Crippen molar-refractivity contribution in [2.24, 2.45) is 0 Å². The van der Waals surface area contributed by atoms with E-state index >= 15 is 0 Å². The van der Waals surface area contributed by atoms with Crippen molar-refractivity contribution in [3.8, 4) is 5.88 Å². The van der Waals surface area contributed by atoms with Crippen LogP contribution < -0.4 is 4.74 Å². The van der Waals surface area contributed by atoms with E-state index in [4.69, 9.17) is 9.84 Å². The molecule has 1 aromatic heterocycles. The van der Waals surface area contributed by atoms with Crippen molar-refractivity contribution in [3.05, 3.63) is 23.4 Å². The molecule has 2 N–H and O–H groups in total. The van der Waals surface area contributed by atoms with Gasteiger partial charge in [-0.25, -0.2) is 4.98 Å². The number of carbonyl (C=O) groups is 1. The van der Waals surface area contributed by atoms with E-state index in [2.05, 4.69) is 4.98 Å². The second-order valence-corrected chi connectivity index (χ2v) is 3.20. The van der Waals surface area contributed by atoms with Crippen LogP contribution in [-0.2, 0) is 4.79 Å². The van der Waals surface area contributed by atoms with Crippen LogP contribution in [0, 0.1) is 6.92 Å². The number of aliphatic carboxylic acids is 1. The molecule has 0 fully saturated rings. The Morgan fingerprint density at radius 2 is 2.27 bits per heavy atom. The minimum Gasteiger partial charge on any atom is -0.481 e. The summed E-state index contributed by atoms with van der Waals surface area (Å²) in [5.41, 5.74) is 1.18. The van der Waals surface area contributed by atoms with Gasteiger partial charge in [0.25, 0.3) is 0 Å². The number of aryl methyl sites for hydroxylation is 1. The first-order chi connectivity index (χ1) is 7.02. The first-order valence-corrected chi connectivity index (χ1v) is 4.45. The smallest absolute Gasteiger partial charge is 0.306 e. The lowest BCUT2D eigenvalue weighted by atomic mass is 10.1. The normalized spacial score (nSPS) is 12.2. The summed E-state index contributed by atoms with van der Waals surface area (Å²) in [6.07, 6.45) is -1.36. The predicted octanol–water partition coefficient (Wildman–Crippen LogP) is 0.907. The van der Waals surface area contributed by atoms with Crippen molar-refractivity contribution in [1.29, 1.82) is 0 Å². The highest BCUT2D eigenvalue weighted by Gasteiger charge is 2.13. The molecule has 5 heteroatoms. The molecule has 15 heavy (non-hydrogen) atoms. The van der Waals surface area contributed by atoms with Gasteiger partial charge in [0.2, 0.25) is 5.88 Å². The van der Waals surface area contributed by atoms with Gasteiger partial charge in [-0.2, -0.15) is 0 Å². The summed E-state index contributed by atoms with van der Waals surface area (Å²) in [6.45, 7) is 1.75. The number of hydrogen-bond acceptors (Lipinski definition) is 4. The van der Waals surface area contributed by atoms with Crippen molar-refractivity contribution >= 4 is 5.97 Å². The van der Waals surface area contributed by atoms with Crippen LogP contribution in [0.1, 0.15) is 23.8 Å². The second-order valence-electron chi connectivity index (χ2n) is 3.20. The summed E-state index contributed by atoms with van der Waals surface area (Å²) in [7, 11) is 1.47. The number of carboxylic acids is 1. The molecule has 0 aliphatic rings. The molecule has 0 spiro atoms. The van der Waals surface area contributed by atoms with E-state index < -0.39 is 12.1 Å². The Balaban J connectivity index is 2.92. The third-order valence-electron chi connectivity index (χ3n) is 1.91. The Morgan fingerprint density at radius 3 is 2.80 bits per heavy atom. The van der Waals surface area contributed by atoms with Crippen LogP contribution in [-0.4, -0.2) is 28.3 Å². The maximum absolute atomic E-state index is 10.4. The number of nitrogens with zero attached hydrogens (tertiary/aromatic N) is 1. The fraction of sp³-hybridized carbons (Fsp3) is 0.400.